The first-order valence-corrected chi connectivity index (χ1v) is 7.29. The van der Waals surface area contributed by atoms with Gasteiger partial charge in [0.15, 0.2) is 0 Å². The third-order valence-electron chi connectivity index (χ3n) is 3.67. The van der Waals surface area contributed by atoms with Crippen molar-refractivity contribution in [3.05, 3.63) is 34.3 Å². The fourth-order valence-electron chi connectivity index (χ4n) is 2.45. The summed E-state index contributed by atoms with van der Waals surface area (Å²) in [6.45, 7) is 5.85. The maximum absolute atomic E-state index is 10.7. The van der Waals surface area contributed by atoms with E-state index >= 15 is 0 Å². The zero-order valence-electron chi connectivity index (χ0n) is 11.1. The Balaban J connectivity index is 1.90. The summed E-state index contributed by atoms with van der Waals surface area (Å²) < 4.78 is 1.09. The Morgan fingerprint density at radius 1 is 1.26 bits per heavy atom. The maximum atomic E-state index is 10.7. The highest BCUT2D eigenvalue weighted by Gasteiger charge is 2.22. The minimum Gasteiger partial charge on any atom is -0.480 e. The number of carboxylic acids is 1. The molecular weight excluding hydrogens is 308 g/mol. The highest BCUT2D eigenvalue weighted by molar-refractivity contribution is 9.10. The third-order valence-corrected chi connectivity index (χ3v) is 4.19. The van der Waals surface area contributed by atoms with Crippen LogP contribution in [0.25, 0.3) is 0 Å². The molecule has 1 aromatic carbocycles. The molecule has 0 aliphatic carbocycles. The zero-order chi connectivity index (χ0) is 13.8. The fraction of sp³-hybridized carbons (Fsp3) is 0.500. The van der Waals surface area contributed by atoms with Crippen LogP contribution in [0.3, 0.4) is 0 Å². The number of carbonyl (C=O) groups is 1. The first-order chi connectivity index (χ1) is 9.06. The predicted octanol–water partition coefficient (Wildman–Crippen LogP) is 2.21. The summed E-state index contributed by atoms with van der Waals surface area (Å²) >= 11 is 3.45. The monoisotopic (exact) mass is 326 g/mol. The quantitative estimate of drug-likeness (QED) is 0.921. The highest BCUT2D eigenvalue weighted by atomic mass is 79.9. The molecule has 1 atom stereocenters. The molecule has 0 aromatic heterocycles. The summed E-state index contributed by atoms with van der Waals surface area (Å²) in [5.41, 5.74) is 1.30. The minimum atomic E-state index is -0.741. The van der Waals surface area contributed by atoms with Gasteiger partial charge in [-0.15, -0.1) is 0 Å². The lowest BCUT2D eigenvalue weighted by atomic mass is 10.1. The highest BCUT2D eigenvalue weighted by Crippen LogP contribution is 2.23. The van der Waals surface area contributed by atoms with Gasteiger partial charge < -0.3 is 5.11 Å². The fourth-order valence-corrected chi connectivity index (χ4v) is 2.72. The summed E-state index contributed by atoms with van der Waals surface area (Å²) in [5, 5.41) is 8.79. The normalized spacial score (nSPS) is 19.3. The Labute approximate surface area is 122 Å². The van der Waals surface area contributed by atoms with Crippen LogP contribution in [0.5, 0.6) is 0 Å². The first-order valence-electron chi connectivity index (χ1n) is 6.50. The van der Waals surface area contributed by atoms with Crippen LogP contribution in [-0.4, -0.2) is 53.6 Å². The SMILES string of the molecule is CC(c1ccc(Br)cc1)N1CCN(CC(=O)O)CC1. The van der Waals surface area contributed by atoms with Crippen LogP contribution in [0, 0.1) is 0 Å². The molecule has 104 valence electrons. The van der Waals surface area contributed by atoms with Crippen LogP contribution >= 0.6 is 15.9 Å². The second-order valence-corrected chi connectivity index (χ2v) is 5.85. The van der Waals surface area contributed by atoms with Gasteiger partial charge in [-0.05, 0) is 24.6 Å². The number of rotatable bonds is 4. The maximum Gasteiger partial charge on any atom is 0.317 e. The molecule has 0 amide bonds. The van der Waals surface area contributed by atoms with E-state index < -0.39 is 5.97 Å². The second kappa shape index (κ2) is 6.50. The Morgan fingerprint density at radius 2 is 1.84 bits per heavy atom. The van der Waals surface area contributed by atoms with Gasteiger partial charge in [0.1, 0.15) is 0 Å². The molecule has 5 heteroatoms. The Morgan fingerprint density at radius 3 is 2.37 bits per heavy atom. The molecule has 4 nitrogen and oxygen atoms in total. The smallest absolute Gasteiger partial charge is 0.317 e. The molecule has 0 bridgehead atoms. The Kier molecular flexibility index (Phi) is 4.96. The molecule has 1 N–H and O–H groups in total. The summed E-state index contributed by atoms with van der Waals surface area (Å²) in [7, 11) is 0. The van der Waals surface area contributed by atoms with Crippen molar-refractivity contribution in [3.8, 4) is 0 Å². The van der Waals surface area contributed by atoms with Crippen molar-refractivity contribution in [2.45, 2.75) is 13.0 Å². The van der Waals surface area contributed by atoms with E-state index in [2.05, 4.69) is 52.0 Å². The zero-order valence-corrected chi connectivity index (χ0v) is 12.6. The number of carboxylic acid groups (broad SMARTS) is 1. The first kappa shape index (κ1) is 14.5. The van der Waals surface area contributed by atoms with E-state index in [0.717, 1.165) is 30.7 Å². The summed E-state index contributed by atoms with van der Waals surface area (Å²) in [5.74, 6) is -0.741. The van der Waals surface area contributed by atoms with Crippen LogP contribution in [0.15, 0.2) is 28.7 Å². The lowest BCUT2D eigenvalue weighted by Crippen LogP contribution is -2.48. The molecule has 1 heterocycles. The van der Waals surface area contributed by atoms with Crippen LogP contribution < -0.4 is 0 Å². The topological polar surface area (TPSA) is 43.8 Å². The van der Waals surface area contributed by atoms with E-state index in [1.807, 2.05) is 4.90 Å². The number of piperazine rings is 1. The number of halogens is 1. The van der Waals surface area contributed by atoms with Crippen molar-refractivity contribution < 1.29 is 9.90 Å². The average molecular weight is 327 g/mol. The van der Waals surface area contributed by atoms with Gasteiger partial charge in [0.25, 0.3) is 0 Å². The number of hydrogen-bond donors (Lipinski definition) is 1. The predicted molar refractivity (Wildman–Crippen MR) is 78.2 cm³/mol. The summed E-state index contributed by atoms with van der Waals surface area (Å²) in [4.78, 5) is 15.1. The van der Waals surface area contributed by atoms with Gasteiger partial charge in [0.05, 0.1) is 6.54 Å². The van der Waals surface area contributed by atoms with Gasteiger partial charge in [0, 0.05) is 36.7 Å². The van der Waals surface area contributed by atoms with E-state index in [9.17, 15) is 4.79 Å². The van der Waals surface area contributed by atoms with E-state index in [-0.39, 0.29) is 6.54 Å². The summed E-state index contributed by atoms with van der Waals surface area (Å²) in [6, 6.07) is 8.77. The second-order valence-electron chi connectivity index (χ2n) is 4.93. The van der Waals surface area contributed by atoms with Crippen molar-refractivity contribution in [1.29, 1.82) is 0 Å². The van der Waals surface area contributed by atoms with Crippen LogP contribution in [0.4, 0.5) is 0 Å². The molecule has 1 aromatic rings. The van der Waals surface area contributed by atoms with E-state index in [4.69, 9.17) is 5.11 Å². The minimum absolute atomic E-state index is 0.153. The van der Waals surface area contributed by atoms with Gasteiger partial charge in [-0.3, -0.25) is 14.6 Å². The molecule has 0 radical (unpaired) electrons. The van der Waals surface area contributed by atoms with Gasteiger partial charge in [0.2, 0.25) is 0 Å². The third kappa shape index (κ3) is 4.03. The van der Waals surface area contributed by atoms with Gasteiger partial charge in [-0.2, -0.15) is 0 Å². The molecule has 1 aliphatic rings. The molecule has 1 unspecified atom stereocenters. The van der Waals surface area contributed by atoms with Gasteiger partial charge >= 0.3 is 5.97 Å². The summed E-state index contributed by atoms with van der Waals surface area (Å²) in [6.07, 6.45) is 0. The molecule has 0 saturated carbocycles. The number of nitrogens with zero attached hydrogens (tertiary/aromatic N) is 2. The lowest BCUT2D eigenvalue weighted by Gasteiger charge is -2.37. The molecule has 1 saturated heterocycles. The van der Waals surface area contributed by atoms with Crippen molar-refractivity contribution in [2.75, 3.05) is 32.7 Å². The van der Waals surface area contributed by atoms with Gasteiger partial charge in [-0.1, -0.05) is 28.1 Å². The van der Waals surface area contributed by atoms with E-state index in [1.165, 1.54) is 5.56 Å². The van der Waals surface area contributed by atoms with Crippen LogP contribution in [0.2, 0.25) is 0 Å². The van der Waals surface area contributed by atoms with Gasteiger partial charge in [-0.25, -0.2) is 0 Å². The van der Waals surface area contributed by atoms with Crippen molar-refractivity contribution >= 4 is 21.9 Å². The molecule has 2 rings (SSSR count). The molecule has 1 fully saturated rings. The number of aliphatic carboxylic acids is 1. The van der Waals surface area contributed by atoms with Crippen LogP contribution in [-0.2, 0) is 4.79 Å². The molecule has 19 heavy (non-hydrogen) atoms. The van der Waals surface area contributed by atoms with E-state index in [1.54, 1.807) is 0 Å². The largest absolute Gasteiger partial charge is 0.480 e. The van der Waals surface area contributed by atoms with E-state index in [0.29, 0.717) is 6.04 Å². The Bertz CT molecular complexity index is 428. The standard InChI is InChI=1S/C14H19BrN2O2/c1-11(12-2-4-13(15)5-3-12)17-8-6-16(7-9-17)10-14(18)19/h2-5,11H,6-10H2,1H3,(H,18,19). The van der Waals surface area contributed by atoms with Crippen molar-refractivity contribution in [1.82, 2.24) is 9.80 Å². The lowest BCUT2D eigenvalue weighted by molar-refractivity contribution is -0.138. The Hall–Kier alpha value is -0.910. The van der Waals surface area contributed by atoms with Crippen molar-refractivity contribution in [3.63, 3.8) is 0 Å². The number of benzene rings is 1. The van der Waals surface area contributed by atoms with Crippen molar-refractivity contribution in [2.24, 2.45) is 0 Å². The van der Waals surface area contributed by atoms with Crippen LogP contribution in [0.1, 0.15) is 18.5 Å². The average Bonchev–Trinajstić information content (AvgIpc) is 2.39. The molecular formula is C14H19BrN2O2. The molecule has 0 spiro atoms. The number of hydrogen-bond acceptors (Lipinski definition) is 3. The molecule has 1 aliphatic heterocycles.